The van der Waals surface area contributed by atoms with Crippen molar-refractivity contribution in [3.8, 4) is 11.1 Å². The Hall–Kier alpha value is -2.54. The fourth-order valence-corrected chi connectivity index (χ4v) is 2.87. The molecular weight excluding hydrogens is 256 g/mol. The van der Waals surface area contributed by atoms with Crippen molar-refractivity contribution < 1.29 is 4.42 Å². The normalized spacial score (nSPS) is 11.3. The lowest BCUT2D eigenvalue weighted by Gasteiger charge is -2.03. The molecule has 102 valence electrons. The molecule has 4 aromatic rings. The SMILES string of the molecule is Cc1ccc(-c2cccc3c2oc2ccc(C)cc23)cc1. The quantitative estimate of drug-likeness (QED) is 0.422. The maximum Gasteiger partial charge on any atom is 0.143 e. The number of fused-ring (bicyclic) bond motifs is 3. The minimum absolute atomic E-state index is 0.954. The van der Waals surface area contributed by atoms with Gasteiger partial charge in [-0.05, 0) is 31.5 Å². The zero-order valence-electron chi connectivity index (χ0n) is 12.2. The molecule has 1 aromatic heterocycles. The average Bonchev–Trinajstić information content (AvgIpc) is 2.86. The Bertz CT molecular complexity index is 943. The smallest absolute Gasteiger partial charge is 0.143 e. The molecular formula is C20H16O. The van der Waals surface area contributed by atoms with E-state index in [-0.39, 0.29) is 0 Å². The van der Waals surface area contributed by atoms with Crippen LogP contribution in [0.1, 0.15) is 11.1 Å². The van der Waals surface area contributed by atoms with Crippen LogP contribution in [0, 0.1) is 13.8 Å². The first-order valence-electron chi connectivity index (χ1n) is 7.21. The van der Waals surface area contributed by atoms with Gasteiger partial charge in [-0.3, -0.25) is 0 Å². The molecule has 0 amide bonds. The molecule has 0 N–H and O–H groups in total. The molecule has 4 rings (SSSR count). The summed E-state index contributed by atoms with van der Waals surface area (Å²) in [5.74, 6) is 0. The first kappa shape index (κ1) is 12.2. The van der Waals surface area contributed by atoms with Crippen molar-refractivity contribution >= 4 is 21.9 Å². The van der Waals surface area contributed by atoms with E-state index in [0.29, 0.717) is 0 Å². The number of aryl methyl sites for hydroxylation is 2. The second kappa shape index (κ2) is 4.49. The summed E-state index contributed by atoms with van der Waals surface area (Å²) >= 11 is 0. The van der Waals surface area contributed by atoms with Crippen LogP contribution in [0.5, 0.6) is 0 Å². The van der Waals surface area contributed by atoms with Gasteiger partial charge in [0.15, 0.2) is 0 Å². The number of hydrogen-bond donors (Lipinski definition) is 0. The van der Waals surface area contributed by atoms with Crippen LogP contribution in [0.25, 0.3) is 33.1 Å². The summed E-state index contributed by atoms with van der Waals surface area (Å²) in [4.78, 5) is 0. The molecule has 0 aliphatic heterocycles. The number of para-hydroxylation sites is 1. The molecule has 1 heterocycles. The Balaban J connectivity index is 2.06. The Labute approximate surface area is 123 Å². The monoisotopic (exact) mass is 272 g/mol. The molecule has 0 saturated carbocycles. The summed E-state index contributed by atoms with van der Waals surface area (Å²) in [7, 11) is 0. The predicted molar refractivity (Wildman–Crippen MR) is 88.6 cm³/mol. The van der Waals surface area contributed by atoms with Crippen LogP contribution < -0.4 is 0 Å². The van der Waals surface area contributed by atoms with Crippen molar-refractivity contribution in [3.05, 3.63) is 71.8 Å². The highest BCUT2D eigenvalue weighted by Crippen LogP contribution is 2.35. The molecule has 3 aromatic carbocycles. The summed E-state index contributed by atoms with van der Waals surface area (Å²) in [6.45, 7) is 4.22. The van der Waals surface area contributed by atoms with Gasteiger partial charge in [0.05, 0.1) is 0 Å². The second-order valence-corrected chi connectivity index (χ2v) is 5.65. The van der Waals surface area contributed by atoms with E-state index in [1.54, 1.807) is 0 Å². The van der Waals surface area contributed by atoms with Crippen molar-refractivity contribution in [1.29, 1.82) is 0 Å². The van der Waals surface area contributed by atoms with Gasteiger partial charge in [-0.2, -0.15) is 0 Å². The minimum atomic E-state index is 0.954. The highest BCUT2D eigenvalue weighted by Gasteiger charge is 2.11. The number of benzene rings is 3. The lowest BCUT2D eigenvalue weighted by atomic mass is 10.0. The molecule has 1 nitrogen and oxygen atoms in total. The molecule has 21 heavy (non-hydrogen) atoms. The molecule has 0 aliphatic carbocycles. The Morgan fingerprint density at radius 1 is 0.714 bits per heavy atom. The van der Waals surface area contributed by atoms with Gasteiger partial charge >= 0.3 is 0 Å². The Kier molecular flexibility index (Phi) is 2.61. The van der Waals surface area contributed by atoms with Gasteiger partial charge in [-0.25, -0.2) is 0 Å². The standard InChI is InChI=1S/C20H16O/c1-13-6-9-15(10-7-13)16-4-3-5-17-18-12-14(2)8-11-19(18)21-20(16)17/h3-12H,1-2H3. The van der Waals surface area contributed by atoms with Gasteiger partial charge in [0.2, 0.25) is 0 Å². The lowest BCUT2D eigenvalue weighted by molar-refractivity contribution is 0.670. The summed E-state index contributed by atoms with van der Waals surface area (Å²) in [6, 6.07) is 21.3. The fraction of sp³-hybridized carbons (Fsp3) is 0.100. The predicted octanol–water partition coefficient (Wildman–Crippen LogP) is 5.87. The number of rotatable bonds is 1. The third-order valence-electron chi connectivity index (χ3n) is 4.01. The Morgan fingerprint density at radius 2 is 1.48 bits per heavy atom. The summed E-state index contributed by atoms with van der Waals surface area (Å²) in [5.41, 5.74) is 6.80. The highest BCUT2D eigenvalue weighted by molar-refractivity contribution is 6.09. The topological polar surface area (TPSA) is 13.1 Å². The summed E-state index contributed by atoms with van der Waals surface area (Å²) < 4.78 is 6.12. The third kappa shape index (κ3) is 1.93. The molecule has 0 atom stereocenters. The van der Waals surface area contributed by atoms with Gasteiger partial charge in [-0.1, -0.05) is 59.7 Å². The van der Waals surface area contributed by atoms with Crippen LogP contribution in [0.2, 0.25) is 0 Å². The molecule has 0 radical (unpaired) electrons. The van der Waals surface area contributed by atoms with Crippen LogP contribution in [0.3, 0.4) is 0 Å². The van der Waals surface area contributed by atoms with Crippen molar-refractivity contribution in [2.75, 3.05) is 0 Å². The van der Waals surface area contributed by atoms with Gasteiger partial charge in [0, 0.05) is 16.3 Å². The van der Waals surface area contributed by atoms with E-state index in [9.17, 15) is 0 Å². The van der Waals surface area contributed by atoms with Crippen molar-refractivity contribution in [2.24, 2.45) is 0 Å². The Morgan fingerprint density at radius 3 is 2.29 bits per heavy atom. The van der Waals surface area contributed by atoms with E-state index in [1.807, 2.05) is 0 Å². The second-order valence-electron chi connectivity index (χ2n) is 5.65. The van der Waals surface area contributed by atoms with Crippen LogP contribution in [-0.2, 0) is 0 Å². The average molecular weight is 272 g/mol. The van der Waals surface area contributed by atoms with Gasteiger partial charge in [0.1, 0.15) is 11.2 Å². The van der Waals surface area contributed by atoms with E-state index in [2.05, 4.69) is 74.5 Å². The van der Waals surface area contributed by atoms with Gasteiger partial charge in [0.25, 0.3) is 0 Å². The van der Waals surface area contributed by atoms with E-state index in [0.717, 1.165) is 16.7 Å². The zero-order chi connectivity index (χ0) is 14.4. The van der Waals surface area contributed by atoms with Crippen molar-refractivity contribution in [1.82, 2.24) is 0 Å². The summed E-state index contributed by atoms with van der Waals surface area (Å²) in [6.07, 6.45) is 0. The molecule has 0 spiro atoms. The molecule has 1 heteroatoms. The molecule has 0 bridgehead atoms. The van der Waals surface area contributed by atoms with Crippen molar-refractivity contribution in [3.63, 3.8) is 0 Å². The molecule has 0 saturated heterocycles. The van der Waals surface area contributed by atoms with Crippen LogP contribution in [0.4, 0.5) is 0 Å². The molecule has 0 unspecified atom stereocenters. The molecule has 0 fully saturated rings. The lowest BCUT2D eigenvalue weighted by Crippen LogP contribution is -1.79. The first-order chi connectivity index (χ1) is 10.2. The highest BCUT2D eigenvalue weighted by atomic mass is 16.3. The van der Waals surface area contributed by atoms with Crippen molar-refractivity contribution in [2.45, 2.75) is 13.8 Å². The zero-order valence-corrected chi connectivity index (χ0v) is 12.2. The summed E-state index contributed by atoms with van der Waals surface area (Å²) in [5, 5.41) is 2.38. The maximum atomic E-state index is 6.12. The first-order valence-corrected chi connectivity index (χ1v) is 7.21. The van der Waals surface area contributed by atoms with Gasteiger partial charge in [-0.15, -0.1) is 0 Å². The largest absolute Gasteiger partial charge is 0.455 e. The fourth-order valence-electron chi connectivity index (χ4n) is 2.87. The van der Waals surface area contributed by atoms with E-state index < -0.39 is 0 Å². The third-order valence-corrected chi connectivity index (χ3v) is 4.01. The minimum Gasteiger partial charge on any atom is -0.455 e. The van der Waals surface area contributed by atoms with Crippen LogP contribution in [0.15, 0.2) is 65.1 Å². The maximum absolute atomic E-state index is 6.12. The van der Waals surface area contributed by atoms with E-state index in [1.165, 1.54) is 27.5 Å². The van der Waals surface area contributed by atoms with E-state index in [4.69, 9.17) is 4.42 Å². The number of hydrogen-bond acceptors (Lipinski definition) is 1. The van der Waals surface area contributed by atoms with Crippen LogP contribution in [-0.4, -0.2) is 0 Å². The number of furan rings is 1. The molecule has 0 aliphatic rings. The van der Waals surface area contributed by atoms with Gasteiger partial charge < -0.3 is 4.42 Å². The van der Waals surface area contributed by atoms with E-state index >= 15 is 0 Å². The van der Waals surface area contributed by atoms with Crippen LogP contribution >= 0.6 is 0 Å².